The number of hydrogen-bond donors (Lipinski definition) is 0. The lowest BCUT2D eigenvalue weighted by Gasteiger charge is -2.35. The third-order valence-corrected chi connectivity index (χ3v) is 4.27. The Bertz CT molecular complexity index is 476. The molecule has 1 aromatic rings. The number of hydrogen-bond acceptors (Lipinski definition) is 1. The average molecular weight is 212 g/mol. The highest BCUT2D eigenvalue weighted by molar-refractivity contribution is 6.08. The van der Waals surface area contributed by atoms with Crippen LogP contribution >= 0.6 is 0 Å². The molecule has 2 aliphatic carbocycles. The van der Waals surface area contributed by atoms with Gasteiger partial charge in [-0.2, -0.15) is 0 Å². The van der Waals surface area contributed by atoms with Gasteiger partial charge in [0.05, 0.1) is 0 Å². The Balaban J connectivity index is 2.25. The van der Waals surface area contributed by atoms with Crippen molar-refractivity contribution in [2.75, 3.05) is 0 Å². The Morgan fingerprint density at radius 2 is 1.81 bits per heavy atom. The number of benzene rings is 1. The minimum absolute atomic E-state index is 0.185. The Morgan fingerprint density at radius 3 is 2.56 bits per heavy atom. The van der Waals surface area contributed by atoms with E-state index in [0.717, 1.165) is 5.56 Å². The van der Waals surface area contributed by atoms with Gasteiger partial charge >= 0.3 is 0 Å². The molecule has 0 atom stereocenters. The molecule has 1 fully saturated rings. The maximum atomic E-state index is 12.0. The molecule has 0 saturated heterocycles. The second kappa shape index (κ2) is 3.31. The van der Waals surface area contributed by atoms with Crippen LogP contribution in [0, 0.1) is 0 Å². The SMILES string of the molecule is CC1=CC(=O)c2ccccc2C12CCCC2. The number of fused-ring (bicyclic) bond motifs is 2. The lowest BCUT2D eigenvalue weighted by molar-refractivity contribution is 0.103. The lowest BCUT2D eigenvalue weighted by atomic mass is 9.68. The van der Waals surface area contributed by atoms with Crippen molar-refractivity contribution < 1.29 is 4.79 Å². The van der Waals surface area contributed by atoms with Crippen molar-refractivity contribution in [1.29, 1.82) is 0 Å². The molecular weight excluding hydrogens is 196 g/mol. The minimum Gasteiger partial charge on any atom is -0.289 e. The van der Waals surface area contributed by atoms with Crippen LogP contribution in [-0.4, -0.2) is 5.78 Å². The zero-order valence-corrected chi connectivity index (χ0v) is 9.62. The highest BCUT2D eigenvalue weighted by Gasteiger charge is 2.41. The van der Waals surface area contributed by atoms with E-state index in [0.29, 0.717) is 0 Å². The van der Waals surface area contributed by atoms with Crippen LogP contribution in [-0.2, 0) is 5.41 Å². The van der Waals surface area contributed by atoms with E-state index in [2.05, 4.69) is 19.1 Å². The third kappa shape index (κ3) is 1.14. The van der Waals surface area contributed by atoms with Crippen LogP contribution in [0.3, 0.4) is 0 Å². The summed E-state index contributed by atoms with van der Waals surface area (Å²) >= 11 is 0. The van der Waals surface area contributed by atoms with E-state index in [1.54, 1.807) is 0 Å². The van der Waals surface area contributed by atoms with Gasteiger partial charge in [-0.05, 0) is 31.4 Å². The van der Waals surface area contributed by atoms with E-state index in [1.165, 1.54) is 36.8 Å². The van der Waals surface area contributed by atoms with Gasteiger partial charge in [-0.1, -0.05) is 42.7 Å². The van der Waals surface area contributed by atoms with E-state index < -0.39 is 0 Å². The molecule has 1 heteroatoms. The van der Waals surface area contributed by atoms with Crippen molar-refractivity contribution in [3.8, 4) is 0 Å². The molecule has 2 aliphatic rings. The van der Waals surface area contributed by atoms with Gasteiger partial charge in [-0.3, -0.25) is 4.79 Å². The molecule has 82 valence electrons. The molecule has 0 aromatic heterocycles. The molecule has 3 rings (SSSR count). The summed E-state index contributed by atoms with van der Waals surface area (Å²) in [5.74, 6) is 0.186. The van der Waals surface area contributed by atoms with Crippen LogP contribution in [0.5, 0.6) is 0 Å². The number of allylic oxidation sites excluding steroid dienone is 2. The van der Waals surface area contributed by atoms with Crippen molar-refractivity contribution in [2.24, 2.45) is 0 Å². The summed E-state index contributed by atoms with van der Waals surface area (Å²) in [5, 5.41) is 0. The van der Waals surface area contributed by atoms with E-state index in [4.69, 9.17) is 0 Å². The molecule has 0 radical (unpaired) electrons. The van der Waals surface area contributed by atoms with Gasteiger partial charge in [0.15, 0.2) is 5.78 Å². The molecular formula is C15H16O. The van der Waals surface area contributed by atoms with Gasteiger partial charge in [0.2, 0.25) is 0 Å². The zero-order chi connectivity index (χ0) is 11.2. The summed E-state index contributed by atoms with van der Waals surface area (Å²) in [5.41, 5.74) is 3.66. The quantitative estimate of drug-likeness (QED) is 0.641. The molecule has 0 heterocycles. The van der Waals surface area contributed by atoms with Crippen LogP contribution in [0.15, 0.2) is 35.9 Å². The molecule has 0 N–H and O–H groups in total. The smallest absolute Gasteiger partial charge is 0.186 e. The molecule has 0 aliphatic heterocycles. The van der Waals surface area contributed by atoms with Crippen molar-refractivity contribution in [3.63, 3.8) is 0 Å². The van der Waals surface area contributed by atoms with Crippen molar-refractivity contribution in [3.05, 3.63) is 47.0 Å². The lowest BCUT2D eigenvalue weighted by Crippen LogP contribution is -2.30. The monoisotopic (exact) mass is 212 g/mol. The summed E-state index contributed by atoms with van der Waals surface area (Å²) in [6.45, 7) is 2.12. The van der Waals surface area contributed by atoms with Crippen molar-refractivity contribution in [2.45, 2.75) is 38.0 Å². The number of carbonyl (C=O) groups is 1. The Labute approximate surface area is 96.2 Å². The van der Waals surface area contributed by atoms with Crippen LogP contribution < -0.4 is 0 Å². The number of rotatable bonds is 0. The number of ketones is 1. The van der Waals surface area contributed by atoms with Gasteiger partial charge in [-0.15, -0.1) is 0 Å². The number of carbonyl (C=O) groups excluding carboxylic acids is 1. The van der Waals surface area contributed by atoms with E-state index >= 15 is 0 Å². The third-order valence-electron chi connectivity index (χ3n) is 4.27. The molecule has 0 bridgehead atoms. The van der Waals surface area contributed by atoms with E-state index in [1.807, 2.05) is 18.2 Å². The summed E-state index contributed by atoms with van der Waals surface area (Å²) in [7, 11) is 0. The average Bonchev–Trinajstić information content (AvgIpc) is 2.77. The normalized spacial score (nSPS) is 22.1. The van der Waals surface area contributed by atoms with Crippen LogP contribution in [0.25, 0.3) is 0 Å². The predicted octanol–water partition coefficient (Wildman–Crippen LogP) is 3.64. The molecule has 0 unspecified atom stereocenters. The summed E-state index contributed by atoms with van der Waals surface area (Å²) in [4.78, 5) is 12.0. The maximum absolute atomic E-state index is 12.0. The Hall–Kier alpha value is -1.37. The second-order valence-electron chi connectivity index (χ2n) is 5.03. The maximum Gasteiger partial charge on any atom is 0.186 e. The first kappa shape index (κ1) is 9.83. The first-order valence-electron chi connectivity index (χ1n) is 6.07. The highest BCUT2D eigenvalue weighted by Crippen LogP contribution is 2.49. The topological polar surface area (TPSA) is 17.1 Å². The summed E-state index contributed by atoms with van der Waals surface area (Å²) in [6, 6.07) is 8.15. The molecule has 1 saturated carbocycles. The van der Waals surface area contributed by atoms with Gasteiger partial charge in [0, 0.05) is 11.0 Å². The molecule has 1 aromatic carbocycles. The first-order chi connectivity index (χ1) is 7.74. The fraction of sp³-hybridized carbons (Fsp3) is 0.400. The van der Waals surface area contributed by atoms with Gasteiger partial charge in [0.25, 0.3) is 0 Å². The van der Waals surface area contributed by atoms with Crippen molar-refractivity contribution >= 4 is 5.78 Å². The Morgan fingerprint density at radius 1 is 1.12 bits per heavy atom. The predicted molar refractivity (Wildman–Crippen MR) is 64.7 cm³/mol. The fourth-order valence-corrected chi connectivity index (χ4v) is 3.38. The highest BCUT2D eigenvalue weighted by atomic mass is 16.1. The second-order valence-corrected chi connectivity index (χ2v) is 5.03. The van der Waals surface area contributed by atoms with Gasteiger partial charge in [-0.25, -0.2) is 0 Å². The largest absolute Gasteiger partial charge is 0.289 e. The fourth-order valence-electron chi connectivity index (χ4n) is 3.38. The van der Waals surface area contributed by atoms with Crippen LogP contribution in [0.1, 0.15) is 48.5 Å². The first-order valence-corrected chi connectivity index (χ1v) is 6.07. The van der Waals surface area contributed by atoms with Crippen LogP contribution in [0.2, 0.25) is 0 Å². The Kier molecular flexibility index (Phi) is 2.03. The molecule has 1 spiro atoms. The minimum atomic E-state index is 0.185. The summed E-state index contributed by atoms with van der Waals surface area (Å²) in [6.07, 6.45) is 6.84. The van der Waals surface area contributed by atoms with Crippen LogP contribution in [0.4, 0.5) is 0 Å². The van der Waals surface area contributed by atoms with Crippen molar-refractivity contribution in [1.82, 2.24) is 0 Å². The van der Waals surface area contributed by atoms with Gasteiger partial charge < -0.3 is 0 Å². The van der Waals surface area contributed by atoms with E-state index in [9.17, 15) is 4.79 Å². The molecule has 16 heavy (non-hydrogen) atoms. The molecule has 0 amide bonds. The zero-order valence-electron chi connectivity index (χ0n) is 9.62. The standard InChI is InChI=1S/C15H16O/c1-11-10-14(16)12-6-2-3-7-13(12)15(11)8-4-5-9-15/h2-3,6-7,10H,4-5,8-9H2,1H3. The summed E-state index contributed by atoms with van der Waals surface area (Å²) < 4.78 is 0. The van der Waals surface area contributed by atoms with Gasteiger partial charge in [0.1, 0.15) is 0 Å². The van der Waals surface area contributed by atoms with E-state index in [-0.39, 0.29) is 11.2 Å². The molecule has 1 nitrogen and oxygen atoms in total.